The molecule has 0 aliphatic rings. The van der Waals surface area contributed by atoms with Crippen LogP contribution in [0.1, 0.15) is 15.2 Å². The number of thiophene rings is 1. The van der Waals surface area contributed by atoms with E-state index in [1.165, 1.54) is 22.8 Å². The Morgan fingerprint density at radius 1 is 1.56 bits per heavy atom. The van der Waals surface area contributed by atoms with Crippen LogP contribution >= 0.6 is 11.3 Å². The standard InChI is InChI=1S/C9H12N2O4S/c10-8(13)7(12)3-11-2-6-1-5(4-16-6)9(14)15/h1,4,7,11-12H,2-3H2,(H2,10,13)(H,14,15). The third-order valence-electron chi connectivity index (χ3n) is 1.87. The van der Waals surface area contributed by atoms with Crippen molar-refractivity contribution in [1.82, 2.24) is 5.32 Å². The van der Waals surface area contributed by atoms with Gasteiger partial charge in [-0.1, -0.05) is 0 Å². The molecule has 88 valence electrons. The fourth-order valence-corrected chi connectivity index (χ4v) is 1.85. The number of hydrogen-bond acceptors (Lipinski definition) is 5. The number of carbonyl (C=O) groups is 2. The van der Waals surface area contributed by atoms with Crippen molar-refractivity contribution in [3.05, 3.63) is 21.9 Å². The van der Waals surface area contributed by atoms with Crippen LogP contribution in [0.4, 0.5) is 0 Å². The highest BCUT2D eigenvalue weighted by molar-refractivity contribution is 7.10. The zero-order valence-electron chi connectivity index (χ0n) is 8.34. The van der Waals surface area contributed by atoms with Gasteiger partial charge in [0.05, 0.1) is 5.56 Å². The maximum Gasteiger partial charge on any atom is 0.336 e. The molecule has 1 rings (SSSR count). The lowest BCUT2D eigenvalue weighted by Gasteiger charge is -2.06. The van der Waals surface area contributed by atoms with Crippen molar-refractivity contribution in [2.24, 2.45) is 5.73 Å². The minimum atomic E-state index is -1.22. The van der Waals surface area contributed by atoms with Crippen LogP contribution in [0.5, 0.6) is 0 Å². The van der Waals surface area contributed by atoms with Gasteiger partial charge in [0.2, 0.25) is 5.91 Å². The highest BCUT2D eigenvalue weighted by Crippen LogP contribution is 2.14. The van der Waals surface area contributed by atoms with Gasteiger partial charge >= 0.3 is 5.97 Å². The van der Waals surface area contributed by atoms with Crippen molar-refractivity contribution in [3.63, 3.8) is 0 Å². The second-order valence-electron chi connectivity index (χ2n) is 3.16. The van der Waals surface area contributed by atoms with Gasteiger partial charge in [-0.15, -0.1) is 11.3 Å². The number of nitrogens with two attached hydrogens (primary N) is 1. The first-order valence-corrected chi connectivity index (χ1v) is 5.37. The number of aromatic carboxylic acids is 1. The molecule has 1 aromatic rings. The third kappa shape index (κ3) is 3.61. The van der Waals surface area contributed by atoms with E-state index in [9.17, 15) is 9.59 Å². The van der Waals surface area contributed by atoms with Crippen LogP contribution in [0.3, 0.4) is 0 Å². The van der Waals surface area contributed by atoms with E-state index in [-0.39, 0.29) is 12.1 Å². The largest absolute Gasteiger partial charge is 0.478 e. The van der Waals surface area contributed by atoms with Crippen molar-refractivity contribution >= 4 is 23.2 Å². The molecule has 1 aromatic heterocycles. The van der Waals surface area contributed by atoms with Crippen LogP contribution in [0, 0.1) is 0 Å². The lowest BCUT2D eigenvalue weighted by molar-refractivity contribution is -0.125. The molecule has 0 radical (unpaired) electrons. The quantitative estimate of drug-likeness (QED) is 0.533. The summed E-state index contributed by atoms with van der Waals surface area (Å²) in [4.78, 5) is 21.9. The Morgan fingerprint density at radius 3 is 2.75 bits per heavy atom. The van der Waals surface area contributed by atoms with Gasteiger partial charge in [0.1, 0.15) is 6.10 Å². The fraction of sp³-hybridized carbons (Fsp3) is 0.333. The average Bonchev–Trinajstić information content (AvgIpc) is 2.66. The molecule has 0 aromatic carbocycles. The van der Waals surface area contributed by atoms with Crippen molar-refractivity contribution in [2.45, 2.75) is 12.6 Å². The predicted octanol–water partition coefficient (Wildman–Crippen LogP) is -0.618. The van der Waals surface area contributed by atoms with Gasteiger partial charge < -0.3 is 21.3 Å². The predicted molar refractivity (Wildman–Crippen MR) is 58.2 cm³/mol. The topological polar surface area (TPSA) is 113 Å². The smallest absolute Gasteiger partial charge is 0.336 e. The highest BCUT2D eigenvalue weighted by Gasteiger charge is 2.10. The van der Waals surface area contributed by atoms with E-state index in [0.717, 1.165) is 4.88 Å². The molecule has 0 aliphatic carbocycles. The van der Waals surface area contributed by atoms with Gasteiger partial charge in [-0.25, -0.2) is 4.79 Å². The molecule has 1 amide bonds. The molecular weight excluding hydrogens is 232 g/mol. The van der Waals surface area contributed by atoms with Gasteiger partial charge in [-0.3, -0.25) is 4.79 Å². The van der Waals surface area contributed by atoms with Crippen LogP contribution in [-0.2, 0) is 11.3 Å². The SMILES string of the molecule is NC(=O)C(O)CNCc1cc(C(=O)O)cs1. The summed E-state index contributed by atoms with van der Waals surface area (Å²) >= 11 is 1.30. The second kappa shape index (κ2) is 5.59. The van der Waals surface area contributed by atoms with Crippen molar-refractivity contribution in [3.8, 4) is 0 Å². The van der Waals surface area contributed by atoms with Gasteiger partial charge in [-0.05, 0) is 6.07 Å². The summed E-state index contributed by atoms with van der Waals surface area (Å²) in [6.07, 6.45) is -1.22. The summed E-state index contributed by atoms with van der Waals surface area (Å²) in [6.45, 7) is 0.442. The monoisotopic (exact) mass is 244 g/mol. The van der Waals surface area contributed by atoms with Crippen LogP contribution in [-0.4, -0.2) is 34.7 Å². The van der Waals surface area contributed by atoms with Crippen LogP contribution < -0.4 is 11.1 Å². The Labute approximate surface area is 95.7 Å². The number of aliphatic hydroxyl groups excluding tert-OH is 1. The average molecular weight is 244 g/mol. The molecule has 1 unspecified atom stereocenters. The minimum absolute atomic E-state index is 0.0512. The summed E-state index contributed by atoms with van der Waals surface area (Å²) in [5.41, 5.74) is 5.09. The summed E-state index contributed by atoms with van der Waals surface area (Å²) in [7, 11) is 0. The van der Waals surface area contributed by atoms with Crippen LogP contribution in [0.25, 0.3) is 0 Å². The van der Waals surface area contributed by atoms with E-state index in [4.69, 9.17) is 15.9 Å². The molecule has 7 heteroatoms. The Morgan fingerprint density at radius 2 is 2.25 bits per heavy atom. The molecule has 0 saturated heterocycles. The van der Waals surface area contributed by atoms with Crippen molar-refractivity contribution in [1.29, 1.82) is 0 Å². The lowest BCUT2D eigenvalue weighted by Crippen LogP contribution is -2.37. The first kappa shape index (κ1) is 12.6. The number of nitrogens with one attached hydrogen (secondary N) is 1. The maximum absolute atomic E-state index is 10.6. The molecule has 0 saturated carbocycles. The molecular formula is C9H12N2O4S. The number of primary amides is 1. The Kier molecular flexibility index (Phi) is 4.41. The number of carboxylic acid groups (broad SMARTS) is 1. The number of hydrogen-bond donors (Lipinski definition) is 4. The Balaban J connectivity index is 2.37. The van der Waals surface area contributed by atoms with E-state index < -0.39 is 18.0 Å². The van der Waals surface area contributed by atoms with E-state index in [2.05, 4.69) is 5.32 Å². The summed E-state index contributed by atoms with van der Waals surface area (Å²) in [6, 6.07) is 1.54. The lowest BCUT2D eigenvalue weighted by atomic mass is 10.3. The second-order valence-corrected chi connectivity index (χ2v) is 4.15. The summed E-state index contributed by atoms with van der Waals surface area (Å²) < 4.78 is 0. The minimum Gasteiger partial charge on any atom is -0.478 e. The molecule has 16 heavy (non-hydrogen) atoms. The molecule has 1 atom stereocenters. The molecule has 6 nitrogen and oxygen atoms in total. The number of carboxylic acids is 1. The molecule has 5 N–H and O–H groups in total. The fourth-order valence-electron chi connectivity index (χ4n) is 1.02. The van der Waals surface area contributed by atoms with Crippen LogP contribution in [0.15, 0.2) is 11.4 Å². The van der Waals surface area contributed by atoms with Gasteiger partial charge in [0, 0.05) is 23.3 Å². The van der Waals surface area contributed by atoms with Gasteiger partial charge in [0.25, 0.3) is 0 Å². The van der Waals surface area contributed by atoms with E-state index in [1.807, 2.05) is 0 Å². The number of aliphatic hydroxyl groups is 1. The van der Waals surface area contributed by atoms with E-state index in [0.29, 0.717) is 6.54 Å². The van der Waals surface area contributed by atoms with Crippen molar-refractivity contribution in [2.75, 3.05) is 6.54 Å². The normalized spacial score (nSPS) is 12.3. The Hall–Kier alpha value is -1.44. The summed E-state index contributed by atoms with van der Waals surface area (Å²) in [5.74, 6) is -1.76. The summed E-state index contributed by atoms with van der Waals surface area (Å²) in [5, 5.41) is 22.1. The third-order valence-corrected chi connectivity index (χ3v) is 2.80. The number of rotatable bonds is 6. The van der Waals surface area contributed by atoms with Gasteiger partial charge in [-0.2, -0.15) is 0 Å². The number of amides is 1. The van der Waals surface area contributed by atoms with E-state index in [1.54, 1.807) is 0 Å². The van der Waals surface area contributed by atoms with Crippen molar-refractivity contribution < 1.29 is 19.8 Å². The highest BCUT2D eigenvalue weighted by atomic mass is 32.1. The van der Waals surface area contributed by atoms with E-state index >= 15 is 0 Å². The first-order chi connectivity index (χ1) is 7.50. The van der Waals surface area contributed by atoms with Crippen LogP contribution in [0.2, 0.25) is 0 Å². The number of carbonyl (C=O) groups excluding carboxylic acids is 1. The molecule has 0 spiro atoms. The zero-order valence-corrected chi connectivity index (χ0v) is 9.16. The first-order valence-electron chi connectivity index (χ1n) is 4.49. The maximum atomic E-state index is 10.6. The zero-order chi connectivity index (χ0) is 12.1. The molecule has 1 heterocycles. The molecule has 0 fully saturated rings. The Bertz CT molecular complexity index is 391. The molecule has 0 aliphatic heterocycles. The van der Waals surface area contributed by atoms with Gasteiger partial charge in [0.15, 0.2) is 0 Å². The molecule has 0 bridgehead atoms.